The lowest BCUT2D eigenvalue weighted by atomic mass is 9.92. The summed E-state index contributed by atoms with van der Waals surface area (Å²) < 4.78 is 0. The maximum atomic E-state index is 10.5. The lowest BCUT2D eigenvalue weighted by molar-refractivity contribution is -0.158. The predicted molar refractivity (Wildman–Crippen MR) is 41.4 cm³/mol. The Hall–Kier alpha value is -1.50. The highest BCUT2D eigenvalue weighted by Gasteiger charge is 2.39. The van der Waals surface area contributed by atoms with Crippen molar-refractivity contribution in [2.45, 2.75) is 20.3 Å². The van der Waals surface area contributed by atoms with Crippen LogP contribution in [-0.2, 0) is 9.59 Å². The maximum Gasteiger partial charge on any atom is 0.333 e. The summed E-state index contributed by atoms with van der Waals surface area (Å²) >= 11 is 0. The van der Waals surface area contributed by atoms with Crippen LogP contribution in [0.2, 0.25) is 0 Å². The van der Waals surface area contributed by atoms with Gasteiger partial charge in [0, 0.05) is 6.42 Å². The van der Waals surface area contributed by atoms with Crippen LogP contribution < -0.4 is 0 Å². The normalized spacial score (nSPS) is 9.83. The molecule has 0 aliphatic carbocycles. The monoisotopic (exact) mass is 170 g/mol. The average Bonchev–Trinajstić information content (AvgIpc) is 1.99. The van der Waals surface area contributed by atoms with Crippen molar-refractivity contribution < 1.29 is 19.8 Å². The fourth-order valence-corrected chi connectivity index (χ4v) is 0.464. The van der Waals surface area contributed by atoms with Gasteiger partial charge in [-0.3, -0.25) is 0 Å². The molecule has 0 saturated carbocycles. The summed E-state index contributed by atoms with van der Waals surface area (Å²) in [5.74, 6) is 1.77. The molecule has 0 aliphatic rings. The van der Waals surface area contributed by atoms with E-state index in [9.17, 15) is 9.59 Å². The minimum atomic E-state index is -1.98. The summed E-state index contributed by atoms with van der Waals surface area (Å²) in [7, 11) is 0. The lowest BCUT2D eigenvalue weighted by Crippen LogP contribution is -2.34. The molecule has 0 aromatic carbocycles. The first-order chi connectivity index (χ1) is 5.45. The smallest absolute Gasteiger partial charge is 0.333 e. The molecule has 0 atom stereocenters. The van der Waals surface area contributed by atoms with Crippen molar-refractivity contribution >= 4 is 11.9 Å². The number of carbonyl (C=O) groups is 2. The molecule has 0 saturated heterocycles. The number of rotatable bonds is 2. The number of aliphatic carboxylic acids is 2. The zero-order valence-corrected chi connectivity index (χ0v) is 6.92. The summed E-state index contributed by atoms with van der Waals surface area (Å²) in [6.07, 6.45) is 0.441. The number of carboxylic acid groups (broad SMARTS) is 2. The van der Waals surface area contributed by atoms with Gasteiger partial charge >= 0.3 is 11.9 Å². The Kier molecular flexibility index (Phi) is 3.30. The van der Waals surface area contributed by atoms with Gasteiger partial charge in [-0.2, -0.15) is 0 Å². The summed E-state index contributed by atoms with van der Waals surface area (Å²) in [5, 5.41) is 17.1. The average molecular weight is 170 g/mol. The van der Waals surface area contributed by atoms with Crippen molar-refractivity contribution in [1.29, 1.82) is 0 Å². The van der Waals surface area contributed by atoms with Gasteiger partial charge in [-0.25, -0.2) is 9.59 Å². The second-order valence-electron chi connectivity index (χ2n) is 2.39. The highest BCUT2D eigenvalue weighted by atomic mass is 16.4. The van der Waals surface area contributed by atoms with E-state index in [0.29, 0.717) is 6.42 Å². The van der Waals surface area contributed by atoms with Crippen molar-refractivity contribution in [2.24, 2.45) is 5.41 Å². The van der Waals surface area contributed by atoms with Crippen LogP contribution in [0.25, 0.3) is 0 Å². The van der Waals surface area contributed by atoms with E-state index in [1.807, 2.05) is 0 Å². The first kappa shape index (κ1) is 10.5. The molecule has 4 heteroatoms. The number of hydrogen-bond donors (Lipinski definition) is 2. The predicted octanol–water partition coefficient (Wildman–Crippen LogP) is 0.575. The fraction of sp³-hybridized carbons (Fsp3) is 0.500. The molecule has 0 unspecified atom stereocenters. The molecule has 0 rings (SSSR count). The molecule has 66 valence electrons. The van der Waals surface area contributed by atoms with E-state index >= 15 is 0 Å². The second-order valence-corrected chi connectivity index (χ2v) is 2.39. The van der Waals surface area contributed by atoms with Crippen LogP contribution in [0, 0.1) is 17.3 Å². The standard InChI is InChI=1S/C8H10O4/c1-3-4-5-8(2,6(9)10)7(11)12/h3H2,1-2H3,(H,9,10)(H,11,12). The molecule has 0 amide bonds. The highest BCUT2D eigenvalue weighted by Crippen LogP contribution is 2.15. The molecule has 0 fully saturated rings. The third-order valence-corrected chi connectivity index (χ3v) is 1.37. The molecular weight excluding hydrogens is 160 g/mol. The van der Waals surface area contributed by atoms with Crippen LogP contribution in [0.3, 0.4) is 0 Å². The molecule has 2 N–H and O–H groups in total. The van der Waals surface area contributed by atoms with Gasteiger partial charge in [0.05, 0.1) is 0 Å². The first-order valence-electron chi connectivity index (χ1n) is 3.42. The maximum absolute atomic E-state index is 10.5. The van der Waals surface area contributed by atoms with Gasteiger partial charge in [0.1, 0.15) is 0 Å². The third-order valence-electron chi connectivity index (χ3n) is 1.37. The van der Waals surface area contributed by atoms with Crippen LogP contribution in [0.5, 0.6) is 0 Å². The molecule has 0 heterocycles. The molecular formula is C8H10O4. The van der Waals surface area contributed by atoms with E-state index in [-0.39, 0.29) is 0 Å². The molecule has 12 heavy (non-hydrogen) atoms. The van der Waals surface area contributed by atoms with Crippen LogP contribution in [-0.4, -0.2) is 22.2 Å². The summed E-state index contributed by atoms with van der Waals surface area (Å²) in [4.78, 5) is 21.0. The molecule has 0 spiro atoms. The van der Waals surface area contributed by atoms with E-state index in [0.717, 1.165) is 6.92 Å². The van der Waals surface area contributed by atoms with Crippen molar-refractivity contribution in [3.05, 3.63) is 0 Å². The van der Waals surface area contributed by atoms with E-state index in [1.54, 1.807) is 6.92 Å². The Morgan fingerprint density at radius 2 is 1.75 bits per heavy atom. The van der Waals surface area contributed by atoms with Gasteiger partial charge in [-0.15, -0.1) is 5.92 Å². The zero-order valence-electron chi connectivity index (χ0n) is 6.92. The third kappa shape index (κ3) is 1.99. The van der Waals surface area contributed by atoms with Crippen molar-refractivity contribution in [2.75, 3.05) is 0 Å². The van der Waals surface area contributed by atoms with Crippen molar-refractivity contribution in [3.8, 4) is 11.8 Å². The molecule has 0 aromatic rings. The van der Waals surface area contributed by atoms with Gasteiger partial charge in [0.2, 0.25) is 5.41 Å². The summed E-state index contributed by atoms with van der Waals surface area (Å²) in [6.45, 7) is 2.79. The molecule has 4 nitrogen and oxygen atoms in total. The van der Waals surface area contributed by atoms with Crippen molar-refractivity contribution in [1.82, 2.24) is 0 Å². The van der Waals surface area contributed by atoms with Gasteiger partial charge < -0.3 is 10.2 Å². The molecule has 0 bridgehead atoms. The first-order valence-corrected chi connectivity index (χ1v) is 3.42. The Bertz CT molecular complexity index is 242. The van der Waals surface area contributed by atoms with E-state index in [1.165, 1.54) is 0 Å². The topological polar surface area (TPSA) is 74.6 Å². The summed E-state index contributed by atoms with van der Waals surface area (Å²) in [6, 6.07) is 0. The van der Waals surface area contributed by atoms with Crippen molar-refractivity contribution in [3.63, 3.8) is 0 Å². The van der Waals surface area contributed by atoms with Crippen LogP contribution >= 0.6 is 0 Å². The Morgan fingerprint density at radius 1 is 1.33 bits per heavy atom. The number of hydrogen-bond acceptors (Lipinski definition) is 2. The lowest BCUT2D eigenvalue weighted by Gasteiger charge is -2.10. The van der Waals surface area contributed by atoms with Gasteiger partial charge in [-0.05, 0) is 6.92 Å². The van der Waals surface area contributed by atoms with Gasteiger partial charge in [0.15, 0.2) is 0 Å². The minimum absolute atomic E-state index is 0.441. The quantitative estimate of drug-likeness (QED) is 0.469. The second kappa shape index (κ2) is 3.77. The summed E-state index contributed by atoms with van der Waals surface area (Å²) in [5.41, 5.74) is -1.98. The molecule has 0 radical (unpaired) electrons. The van der Waals surface area contributed by atoms with Crippen LogP contribution in [0.4, 0.5) is 0 Å². The molecule has 0 aliphatic heterocycles. The fourth-order valence-electron chi connectivity index (χ4n) is 0.464. The molecule has 0 aromatic heterocycles. The van der Waals surface area contributed by atoms with Crippen LogP contribution in [0.1, 0.15) is 20.3 Å². The highest BCUT2D eigenvalue weighted by molar-refractivity contribution is 6.01. The van der Waals surface area contributed by atoms with Crippen LogP contribution in [0.15, 0.2) is 0 Å². The number of carboxylic acids is 2. The largest absolute Gasteiger partial charge is 0.480 e. The van der Waals surface area contributed by atoms with E-state index < -0.39 is 17.4 Å². The minimum Gasteiger partial charge on any atom is -0.480 e. The van der Waals surface area contributed by atoms with E-state index in [2.05, 4.69) is 11.8 Å². The van der Waals surface area contributed by atoms with Gasteiger partial charge in [-0.1, -0.05) is 12.8 Å². The Labute approximate surface area is 70.2 Å². The van der Waals surface area contributed by atoms with E-state index in [4.69, 9.17) is 10.2 Å². The SMILES string of the molecule is CCC#CC(C)(C(=O)O)C(=O)O. The Morgan fingerprint density at radius 3 is 2.00 bits per heavy atom. The van der Waals surface area contributed by atoms with Gasteiger partial charge in [0.25, 0.3) is 0 Å². The zero-order chi connectivity index (χ0) is 9.78. The Balaban J connectivity index is 4.88.